The zero-order valence-corrected chi connectivity index (χ0v) is 14.1. The Morgan fingerprint density at radius 3 is 2.46 bits per heavy atom. The molecule has 2 rings (SSSR count). The molecule has 26 heavy (non-hydrogen) atoms. The van der Waals surface area contributed by atoms with Gasteiger partial charge in [-0.2, -0.15) is 0 Å². The van der Waals surface area contributed by atoms with E-state index in [1.807, 2.05) is 0 Å². The molecule has 0 unspecified atom stereocenters. The van der Waals surface area contributed by atoms with Gasteiger partial charge in [0.25, 0.3) is 0 Å². The molecule has 5 nitrogen and oxygen atoms in total. The van der Waals surface area contributed by atoms with Gasteiger partial charge in [-0.3, -0.25) is 9.59 Å². The lowest BCUT2D eigenvalue weighted by Gasteiger charge is -2.08. The standard InChI is InChI=1S/C19H17F2NO4/c1-2-26-19(25)18(24)11-14(23)9-8-13-5-4-10-22(13)12-15-16(20)6-3-7-17(15)21/h3-10H,2,11-12H2,1H3/b9-8+. The van der Waals surface area contributed by atoms with Crippen molar-refractivity contribution < 1.29 is 27.9 Å². The first-order valence-corrected chi connectivity index (χ1v) is 7.91. The third-order valence-corrected chi connectivity index (χ3v) is 3.53. The average Bonchev–Trinajstić information content (AvgIpc) is 3.04. The minimum absolute atomic E-state index is 0.0503. The lowest BCUT2D eigenvalue weighted by atomic mass is 10.1. The summed E-state index contributed by atoms with van der Waals surface area (Å²) in [5.41, 5.74) is 0.423. The molecule has 1 aromatic carbocycles. The molecule has 0 fully saturated rings. The van der Waals surface area contributed by atoms with Gasteiger partial charge in [0.15, 0.2) is 5.78 Å². The summed E-state index contributed by atoms with van der Waals surface area (Å²) >= 11 is 0. The quantitative estimate of drug-likeness (QED) is 0.314. The molecule has 0 atom stereocenters. The van der Waals surface area contributed by atoms with Crippen LogP contribution in [-0.2, 0) is 25.7 Å². The third-order valence-electron chi connectivity index (χ3n) is 3.53. The maximum absolute atomic E-state index is 13.8. The minimum Gasteiger partial charge on any atom is -0.460 e. The highest BCUT2D eigenvalue weighted by Gasteiger charge is 2.17. The number of ether oxygens (including phenoxy) is 1. The number of esters is 1. The lowest BCUT2D eigenvalue weighted by molar-refractivity contribution is -0.154. The largest absolute Gasteiger partial charge is 0.460 e. The summed E-state index contributed by atoms with van der Waals surface area (Å²) in [6.45, 7) is 1.55. The van der Waals surface area contributed by atoms with Crippen LogP contribution in [0.25, 0.3) is 6.08 Å². The second kappa shape index (κ2) is 8.84. The molecule has 0 saturated carbocycles. The molecule has 2 aromatic rings. The Morgan fingerprint density at radius 2 is 1.81 bits per heavy atom. The van der Waals surface area contributed by atoms with E-state index in [-0.39, 0.29) is 18.7 Å². The Hall–Kier alpha value is -3.09. The number of carbonyl (C=O) groups is 3. The molecule has 0 aliphatic rings. The summed E-state index contributed by atoms with van der Waals surface area (Å²) in [4.78, 5) is 34.5. The van der Waals surface area contributed by atoms with E-state index in [2.05, 4.69) is 4.74 Å². The number of aromatic nitrogens is 1. The van der Waals surface area contributed by atoms with Gasteiger partial charge in [-0.25, -0.2) is 13.6 Å². The van der Waals surface area contributed by atoms with Crippen LogP contribution in [0.15, 0.2) is 42.6 Å². The smallest absolute Gasteiger partial charge is 0.375 e. The topological polar surface area (TPSA) is 65.4 Å². The molecule has 1 aromatic heterocycles. The second-order valence-corrected chi connectivity index (χ2v) is 5.38. The summed E-state index contributed by atoms with van der Waals surface area (Å²) in [5, 5.41) is 0. The number of allylic oxidation sites excluding steroid dienone is 1. The van der Waals surface area contributed by atoms with E-state index in [4.69, 9.17) is 0 Å². The number of ketones is 2. The van der Waals surface area contributed by atoms with Crippen molar-refractivity contribution >= 4 is 23.6 Å². The fraction of sp³-hybridized carbons (Fsp3) is 0.211. The fourth-order valence-corrected chi connectivity index (χ4v) is 2.26. The lowest BCUT2D eigenvalue weighted by Crippen LogP contribution is -2.19. The first kappa shape index (κ1) is 19.2. The summed E-state index contributed by atoms with van der Waals surface area (Å²) < 4.78 is 33.6. The van der Waals surface area contributed by atoms with E-state index in [1.54, 1.807) is 29.8 Å². The first-order valence-electron chi connectivity index (χ1n) is 7.91. The van der Waals surface area contributed by atoms with E-state index in [0.29, 0.717) is 5.69 Å². The van der Waals surface area contributed by atoms with Crippen molar-refractivity contribution in [1.29, 1.82) is 0 Å². The van der Waals surface area contributed by atoms with E-state index in [9.17, 15) is 23.2 Å². The van der Waals surface area contributed by atoms with Crippen LogP contribution in [0.4, 0.5) is 8.78 Å². The Morgan fingerprint density at radius 1 is 1.12 bits per heavy atom. The van der Waals surface area contributed by atoms with Crippen LogP contribution >= 0.6 is 0 Å². The number of carbonyl (C=O) groups excluding carboxylic acids is 3. The molecule has 0 amide bonds. The van der Waals surface area contributed by atoms with E-state index >= 15 is 0 Å². The molecule has 0 radical (unpaired) electrons. The Kier molecular flexibility index (Phi) is 6.54. The number of benzene rings is 1. The molecule has 0 saturated heterocycles. The number of halogens is 2. The Bertz CT molecular complexity index is 835. The number of nitrogens with zero attached hydrogens (tertiary/aromatic N) is 1. The molecule has 0 spiro atoms. The normalized spacial score (nSPS) is 10.9. The van der Waals surface area contributed by atoms with Crippen molar-refractivity contribution in [1.82, 2.24) is 4.57 Å². The molecule has 0 N–H and O–H groups in total. The van der Waals surface area contributed by atoms with Crippen molar-refractivity contribution in [3.8, 4) is 0 Å². The Labute approximate surface area is 148 Å². The summed E-state index contributed by atoms with van der Waals surface area (Å²) in [7, 11) is 0. The SMILES string of the molecule is CCOC(=O)C(=O)CC(=O)/C=C/c1cccn1Cc1c(F)cccc1F. The molecule has 0 aliphatic carbocycles. The van der Waals surface area contributed by atoms with Crippen LogP contribution in [0.3, 0.4) is 0 Å². The maximum Gasteiger partial charge on any atom is 0.375 e. The van der Waals surface area contributed by atoms with Gasteiger partial charge in [0.05, 0.1) is 19.6 Å². The van der Waals surface area contributed by atoms with Crippen molar-refractivity contribution in [3.63, 3.8) is 0 Å². The van der Waals surface area contributed by atoms with E-state index < -0.39 is 35.6 Å². The molecule has 0 bridgehead atoms. The van der Waals surface area contributed by atoms with E-state index in [1.165, 1.54) is 24.3 Å². The monoisotopic (exact) mass is 361 g/mol. The van der Waals surface area contributed by atoms with Crippen LogP contribution < -0.4 is 0 Å². The van der Waals surface area contributed by atoms with Gasteiger partial charge in [-0.1, -0.05) is 6.07 Å². The fourth-order valence-electron chi connectivity index (χ4n) is 2.26. The maximum atomic E-state index is 13.8. The van der Waals surface area contributed by atoms with Crippen molar-refractivity contribution in [2.75, 3.05) is 6.61 Å². The van der Waals surface area contributed by atoms with Crippen molar-refractivity contribution in [2.24, 2.45) is 0 Å². The van der Waals surface area contributed by atoms with Crippen molar-refractivity contribution in [3.05, 3.63) is 65.5 Å². The third kappa shape index (κ3) is 4.95. The summed E-state index contributed by atoms with van der Waals surface area (Å²) in [6.07, 6.45) is 3.57. The molecule has 136 valence electrons. The van der Waals surface area contributed by atoms with Crippen LogP contribution in [-0.4, -0.2) is 28.7 Å². The first-order chi connectivity index (χ1) is 12.4. The van der Waals surface area contributed by atoms with Gasteiger partial charge >= 0.3 is 5.97 Å². The molecule has 7 heteroatoms. The van der Waals surface area contributed by atoms with Gasteiger partial charge in [0.2, 0.25) is 5.78 Å². The second-order valence-electron chi connectivity index (χ2n) is 5.38. The molecule has 1 heterocycles. The molecular weight excluding hydrogens is 344 g/mol. The number of Topliss-reactive ketones (excluding diaryl/α,β-unsaturated/α-hetero) is 1. The number of hydrogen-bond acceptors (Lipinski definition) is 4. The number of hydrogen-bond donors (Lipinski definition) is 0. The van der Waals surface area contributed by atoms with Crippen LogP contribution in [0.2, 0.25) is 0 Å². The zero-order chi connectivity index (χ0) is 19.1. The highest BCUT2D eigenvalue weighted by atomic mass is 19.1. The minimum atomic E-state index is -1.05. The highest BCUT2D eigenvalue weighted by Crippen LogP contribution is 2.16. The molecular formula is C19H17F2NO4. The summed E-state index contributed by atoms with van der Waals surface area (Å²) in [5.74, 6) is -3.87. The number of rotatable bonds is 8. The van der Waals surface area contributed by atoms with Gasteiger partial charge in [-0.05, 0) is 43.3 Å². The molecule has 0 aliphatic heterocycles. The van der Waals surface area contributed by atoms with Crippen LogP contribution in [0.1, 0.15) is 24.6 Å². The van der Waals surface area contributed by atoms with Crippen LogP contribution in [0, 0.1) is 11.6 Å². The highest BCUT2D eigenvalue weighted by molar-refractivity contribution is 6.37. The van der Waals surface area contributed by atoms with Crippen molar-refractivity contribution in [2.45, 2.75) is 19.9 Å². The Balaban J connectivity index is 2.06. The van der Waals surface area contributed by atoms with Gasteiger partial charge in [0.1, 0.15) is 11.6 Å². The predicted molar refractivity (Wildman–Crippen MR) is 90.2 cm³/mol. The predicted octanol–water partition coefficient (Wildman–Crippen LogP) is 2.92. The van der Waals surface area contributed by atoms with Gasteiger partial charge < -0.3 is 9.30 Å². The average molecular weight is 361 g/mol. The zero-order valence-electron chi connectivity index (χ0n) is 14.1. The van der Waals surface area contributed by atoms with Crippen LogP contribution in [0.5, 0.6) is 0 Å². The summed E-state index contributed by atoms with van der Waals surface area (Å²) in [6, 6.07) is 6.93. The van der Waals surface area contributed by atoms with Gasteiger partial charge in [-0.15, -0.1) is 0 Å². The van der Waals surface area contributed by atoms with E-state index in [0.717, 1.165) is 6.08 Å². The van der Waals surface area contributed by atoms with Gasteiger partial charge in [0, 0.05) is 17.5 Å².